The van der Waals surface area contributed by atoms with Gasteiger partial charge in [-0.3, -0.25) is 14.7 Å². The van der Waals surface area contributed by atoms with Crippen LogP contribution in [0, 0.1) is 0 Å². The molecule has 2 fully saturated rings. The molecule has 7 heteroatoms. The van der Waals surface area contributed by atoms with E-state index in [1.54, 1.807) is 6.20 Å². The molecule has 2 aliphatic rings. The largest absolute Gasteiger partial charge is 0.334 e. The van der Waals surface area contributed by atoms with E-state index in [9.17, 15) is 13.2 Å². The maximum atomic E-state index is 12.4. The summed E-state index contributed by atoms with van der Waals surface area (Å²) in [7, 11) is -3.09. The van der Waals surface area contributed by atoms with Gasteiger partial charge in [-0.2, -0.15) is 0 Å². The highest BCUT2D eigenvalue weighted by atomic mass is 32.2. The summed E-state index contributed by atoms with van der Waals surface area (Å²) in [6.07, 6.45) is 6.96. The van der Waals surface area contributed by atoms with Crippen LogP contribution in [0.15, 0.2) is 24.5 Å². The average Bonchev–Trinajstić information content (AvgIpc) is 2.77. The number of hydrogen-bond acceptors (Lipinski definition) is 5. The van der Waals surface area contributed by atoms with Crippen LogP contribution in [0.3, 0.4) is 0 Å². The highest BCUT2D eigenvalue weighted by molar-refractivity contribution is 7.90. The number of piperazine rings is 1. The number of carbonyl (C=O) groups is 1. The second-order valence-electron chi connectivity index (χ2n) is 6.62. The standard InChI is InChI=1S/C16H23N3O3S/c1-23(21,22)8-6-16(20)19-14-4-5-15(19)12-18(11-14)10-13-3-2-7-17-9-13/h2-3,7,9,14-15H,4-6,8,10-12H2,1H3. The average molecular weight is 337 g/mol. The lowest BCUT2D eigenvalue weighted by Crippen LogP contribution is -2.55. The molecule has 1 aromatic heterocycles. The van der Waals surface area contributed by atoms with Gasteiger partial charge in [-0.05, 0) is 24.5 Å². The highest BCUT2D eigenvalue weighted by Gasteiger charge is 2.42. The summed E-state index contributed by atoms with van der Waals surface area (Å²) < 4.78 is 22.5. The van der Waals surface area contributed by atoms with Gasteiger partial charge in [-0.25, -0.2) is 8.42 Å². The minimum Gasteiger partial charge on any atom is -0.334 e. The second-order valence-corrected chi connectivity index (χ2v) is 8.88. The third kappa shape index (κ3) is 4.09. The summed E-state index contributed by atoms with van der Waals surface area (Å²) >= 11 is 0. The van der Waals surface area contributed by atoms with Crippen molar-refractivity contribution in [3.05, 3.63) is 30.1 Å². The molecule has 0 N–H and O–H groups in total. The number of pyridine rings is 1. The molecule has 2 atom stereocenters. The fourth-order valence-corrected chi connectivity index (χ4v) is 4.22. The number of sulfone groups is 1. The molecule has 1 amide bonds. The summed E-state index contributed by atoms with van der Waals surface area (Å²) in [5.74, 6) is -0.0646. The van der Waals surface area contributed by atoms with Gasteiger partial charge in [0.25, 0.3) is 0 Å². The number of nitrogens with zero attached hydrogens (tertiary/aromatic N) is 3. The lowest BCUT2D eigenvalue weighted by Gasteiger charge is -2.41. The Morgan fingerprint density at radius 1 is 1.30 bits per heavy atom. The first-order chi connectivity index (χ1) is 10.9. The molecule has 2 aliphatic heterocycles. The topological polar surface area (TPSA) is 70.6 Å². The monoisotopic (exact) mass is 337 g/mol. The molecule has 6 nitrogen and oxygen atoms in total. The summed E-state index contributed by atoms with van der Waals surface area (Å²) in [6, 6.07) is 4.45. The number of fused-ring (bicyclic) bond motifs is 2. The fourth-order valence-electron chi connectivity index (χ4n) is 3.68. The maximum Gasteiger partial charge on any atom is 0.224 e. The Kier molecular flexibility index (Phi) is 4.68. The predicted octanol–water partition coefficient (Wildman–Crippen LogP) is 0.692. The molecule has 0 saturated carbocycles. The number of carbonyl (C=O) groups excluding carboxylic acids is 1. The first kappa shape index (κ1) is 16.4. The lowest BCUT2D eigenvalue weighted by atomic mass is 10.1. The smallest absolute Gasteiger partial charge is 0.224 e. The Labute approximate surface area is 137 Å². The van der Waals surface area contributed by atoms with Crippen molar-refractivity contribution in [2.24, 2.45) is 0 Å². The molecule has 23 heavy (non-hydrogen) atoms. The minimum absolute atomic E-state index is 0.0102. The molecule has 0 radical (unpaired) electrons. The Hall–Kier alpha value is -1.47. The van der Waals surface area contributed by atoms with E-state index in [1.165, 1.54) is 11.8 Å². The van der Waals surface area contributed by atoms with Crippen LogP contribution in [-0.2, 0) is 21.2 Å². The number of likely N-dealkylation sites (tertiary alicyclic amines) is 1. The van der Waals surface area contributed by atoms with Crippen molar-refractivity contribution in [3.63, 3.8) is 0 Å². The van der Waals surface area contributed by atoms with E-state index in [-0.39, 0.29) is 30.2 Å². The molecule has 2 unspecified atom stereocenters. The number of amides is 1. The van der Waals surface area contributed by atoms with Crippen LogP contribution in [-0.4, -0.2) is 66.3 Å². The van der Waals surface area contributed by atoms with Crippen molar-refractivity contribution < 1.29 is 13.2 Å². The molecule has 3 rings (SSSR count). The number of rotatable bonds is 5. The van der Waals surface area contributed by atoms with Gasteiger partial charge in [-0.15, -0.1) is 0 Å². The van der Waals surface area contributed by atoms with Gasteiger partial charge < -0.3 is 4.90 Å². The zero-order valence-corrected chi connectivity index (χ0v) is 14.2. The summed E-state index contributed by atoms with van der Waals surface area (Å²) in [4.78, 5) is 20.9. The molecule has 2 bridgehead atoms. The lowest BCUT2D eigenvalue weighted by molar-refractivity contribution is -0.136. The first-order valence-electron chi connectivity index (χ1n) is 8.02. The minimum atomic E-state index is -3.09. The van der Waals surface area contributed by atoms with Gasteiger partial charge in [0, 0.05) is 56.8 Å². The quantitative estimate of drug-likeness (QED) is 0.791. The Bertz CT molecular complexity index is 648. The summed E-state index contributed by atoms with van der Waals surface area (Å²) in [6.45, 7) is 2.57. The van der Waals surface area contributed by atoms with E-state index in [2.05, 4.69) is 16.0 Å². The van der Waals surface area contributed by atoms with Crippen molar-refractivity contribution in [1.29, 1.82) is 0 Å². The van der Waals surface area contributed by atoms with E-state index in [0.29, 0.717) is 0 Å². The molecular weight excluding hydrogens is 314 g/mol. The Morgan fingerprint density at radius 3 is 2.57 bits per heavy atom. The van der Waals surface area contributed by atoms with Crippen LogP contribution >= 0.6 is 0 Å². The third-order valence-electron chi connectivity index (χ3n) is 4.66. The molecule has 0 aliphatic carbocycles. The third-order valence-corrected chi connectivity index (χ3v) is 5.61. The number of aromatic nitrogens is 1. The van der Waals surface area contributed by atoms with E-state index >= 15 is 0 Å². The van der Waals surface area contributed by atoms with E-state index in [1.807, 2.05) is 17.2 Å². The first-order valence-corrected chi connectivity index (χ1v) is 10.1. The molecular formula is C16H23N3O3S. The van der Waals surface area contributed by atoms with Gasteiger partial charge in [0.2, 0.25) is 5.91 Å². The maximum absolute atomic E-state index is 12.4. The van der Waals surface area contributed by atoms with Gasteiger partial charge >= 0.3 is 0 Å². The number of hydrogen-bond donors (Lipinski definition) is 0. The molecule has 2 saturated heterocycles. The normalized spacial score (nSPS) is 24.8. The van der Waals surface area contributed by atoms with Gasteiger partial charge in [-0.1, -0.05) is 6.07 Å². The van der Waals surface area contributed by atoms with E-state index < -0.39 is 9.84 Å². The van der Waals surface area contributed by atoms with Crippen LogP contribution in [0.4, 0.5) is 0 Å². The highest BCUT2D eigenvalue weighted by Crippen LogP contribution is 2.31. The Morgan fingerprint density at radius 2 is 2.00 bits per heavy atom. The second kappa shape index (κ2) is 6.57. The van der Waals surface area contributed by atoms with Gasteiger partial charge in [0.05, 0.1) is 5.75 Å². The zero-order chi connectivity index (χ0) is 16.4. The van der Waals surface area contributed by atoms with E-state index in [0.717, 1.165) is 32.5 Å². The predicted molar refractivity (Wildman–Crippen MR) is 87.5 cm³/mol. The zero-order valence-electron chi connectivity index (χ0n) is 13.4. The summed E-state index contributed by atoms with van der Waals surface area (Å²) in [5.41, 5.74) is 1.18. The van der Waals surface area contributed by atoms with Gasteiger partial charge in [0.15, 0.2) is 0 Å². The van der Waals surface area contributed by atoms with Crippen LogP contribution < -0.4 is 0 Å². The fraction of sp³-hybridized carbons (Fsp3) is 0.625. The van der Waals surface area contributed by atoms with Crippen molar-refractivity contribution in [3.8, 4) is 0 Å². The Balaban J connectivity index is 1.60. The van der Waals surface area contributed by atoms with Crippen molar-refractivity contribution in [1.82, 2.24) is 14.8 Å². The van der Waals surface area contributed by atoms with E-state index in [4.69, 9.17) is 0 Å². The van der Waals surface area contributed by atoms with Crippen molar-refractivity contribution in [2.45, 2.75) is 37.9 Å². The van der Waals surface area contributed by atoms with Gasteiger partial charge in [0.1, 0.15) is 9.84 Å². The van der Waals surface area contributed by atoms with Crippen molar-refractivity contribution in [2.75, 3.05) is 25.1 Å². The van der Waals surface area contributed by atoms with Crippen LogP contribution in [0.1, 0.15) is 24.8 Å². The molecule has 1 aromatic rings. The molecule has 0 spiro atoms. The van der Waals surface area contributed by atoms with Crippen LogP contribution in [0.25, 0.3) is 0 Å². The van der Waals surface area contributed by atoms with Crippen LogP contribution in [0.5, 0.6) is 0 Å². The SMILES string of the molecule is CS(=O)(=O)CCC(=O)N1C2CCC1CN(Cc1cccnc1)C2. The molecule has 0 aromatic carbocycles. The van der Waals surface area contributed by atoms with Crippen molar-refractivity contribution >= 4 is 15.7 Å². The molecule has 126 valence electrons. The summed E-state index contributed by atoms with van der Waals surface area (Å²) in [5, 5.41) is 0. The molecule has 3 heterocycles. The van der Waals surface area contributed by atoms with Crippen LogP contribution in [0.2, 0.25) is 0 Å².